The lowest BCUT2D eigenvalue weighted by Crippen LogP contribution is -2.37. The number of aryl methyl sites for hydroxylation is 2. The standard InChI is InChI=1S/C20H22N4O4S/c1-12-6-5-7-14(8-12)22-15(25)11-29-17-13(10-28-4)9-21-18-16(17)19(26)24(3)20(27)23(18)2/h5-9H,10-11H2,1-4H3,(H,22,25). The molecular formula is C20H22N4O4S. The molecule has 0 fully saturated rings. The van der Waals surface area contributed by atoms with E-state index in [-0.39, 0.29) is 23.9 Å². The minimum absolute atomic E-state index is 0.0930. The Morgan fingerprint density at radius 1 is 1.24 bits per heavy atom. The number of amides is 1. The second-order valence-electron chi connectivity index (χ2n) is 6.66. The highest BCUT2D eigenvalue weighted by atomic mass is 32.2. The molecule has 1 N–H and O–H groups in total. The van der Waals surface area contributed by atoms with E-state index in [1.54, 1.807) is 20.4 Å². The summed E-state index contributed by atoms with van der Waals surface area (Å²) in [6.07, 6.45) is 1.57. The van der Waals surface area contributed by atoms with Gasteiger partial charge in [-0.25, -0.2) is 9.78 Å². The van der Waals surface area contributed by atoms with Crippen molar-refractivity contribution in [3.05, 3.63) is 62.4 Å². The number of methoxy groups -OCH3 is 1. The number of fused-ring (bicyclic) bond motifs is 1. The average Bonchev–Trinajstić information content (AvgIpc) is 2.69. The second-order valence-corrected chi connectivity index (χ2v) is 7.64. The lowest BCUT2D eigenvalue weighted by atomic mass is 10.2. The average molecular weight is 414 g/mol. The third-order valence-corrected chi connectivity index (χ3v) is 5.61. The molecule has 0 spiro atoms. The molecule has 0 saturated heterocycles. The predicted octanol–water partition coefficient (Wildman–Crippen LogP) is 1.82. The predicted molar refractivity (Wildman–Crippen MR) is 113 cm³/mol. The van der Waals surface area contributed by atoms with Crippen LogP contribution in [0.25, 0.3) is 11.0 Å². The zero-order chi connectivity index (χ0) is 21.1. The molecule has 29 heavy (non-hydrogen) atoms. The highest BCUT2D eigenvalue weighted by Gasteiger charge is 2.18. The van der Waals surface area contributed by atoms with Gasteiger partial charge in [0.05, 0.1) is 17.7 Å². The molecule has 1 amide bonds. The number of hydrogen-bond donors (Lipinski definition) is 1. The van der Waals surface area contributed by atoms with Crippen LogP contribution >= 0.6 is 11.8 Å². The van der Waals surface area contributed by atoms with Crippen LogP contribution in [-0.4, -0.2) is 32.9 Å². The van der Waals surface area contributed by atoms with E-state index in [1.165, 1.54) is 23.4 Å². The van der Waals surface area contributed by atoms with Gasteiger partial charge in [-0.1, -0.05) is 12.1 Å². The summed E-state index contributed by atoms with van der Waals surface area (Å²) in [4.78, 5) is 42.4. The lowest BCUT2D eigenvalue weighted by Gasteiger charge is -2.14. The second kappa shape index (κ2) is 8.62. The normalized spacial score (nSPS) is 11.0. The molecule has 1 aromatic carbocycles. The van der Waals surface area contributed by atoms with E-state index < -0.39 is 11.2 Å². The van der Waals surface area contributed by atoms with Crippen LogP contribution < -0.4 is 16.6 Å². The fourth-order valence-electron chi connectivity index (χ4n) is 3.02. The van der Waals surface area contributed by atoms with Crippen LogP contribution in [0.5, 0.6) is 0 Å². The molecule has 0 saturated carbocycles. The summed E-state index contributed by atoms with van der Waals surface area (Å²) in [7, 11) is 4.53. The number of hydrogen-bond acceptors (Lipinski definition) is 6. The fraction of sp³-hybridized carbons (Fsp3) is 0.300. The smallest absolute Gasteiger partial charge is 0.332 e. The van der Waals surface area contributed by atoms with E-state index in [1.807, 2.05) is 31.2 Å². The van der Waals surface area contributed by atoms with E-state index in [9.17, 15) is 14.4 Å². The molecule has 0 bridgehead atoms. The third-order valence-electron chi connectivity index (χ3n) is 4.44. The molecule has 9 heteroatoms. The summed E-state index contributed by atoms with van der Waals surface area (Å²) in [5.74, 6) is -0.106. The van der Waals surface area contributed by atoms with Gasteiger partial charge in [-0.3, -0.25) is 18.7 Å². The van der Waals surface area contributed by atoms with Gasteiger partial charge in [0.2, 0.25) is 5.91 Å². The van der Waals surface area contributed by atoms with E-state index in [4.69, 9.17) is 4.74 Å². The van der Waals surface area contributed by atoms with Gasteiger partial charge < -0.3 is 10.1 Å². The number of ether oxygens (including phenoxy) is 1. The Morgan fingerprint density at radius 2 is 2.00 bits per heavy atom. The Bertz CT molecular complexity index is 1200. The first-order chi connectivity index (χ1) is 13.8. The van der Waals surface area contributed by atoms with Crippen molar-refractivity contribution in [3.63, 3.8) is 0 Å². The number of rotatable bonds is 6. The minimum atomic E-state index is -0.456. The molecule has 152 valence electrons. The molecule has 3 rings (SSSR count). The zero-order valence-corrected chi connectivity index (χ0v) is 17.5. The van der Waals surface area contributed by atoms with Crippen LogP contribution in [0.4, 0.5) is 5.69 Å². The van der Waals surface area contributed by atoms with E-state index in [0.29, 0.717) is 21.5 Å². The van der Waals surface area contributed by atoms with Crippen molar-refractivity contribution in [2.24, 2.45) is 14.1 Å². The van der Waals surface area contributed by atoms with E-state index in [2.05, 4.69) is 10.3 Å². The fourth-order valence-corrected chi connectivity index (χ4v) is 3.99. The molecular weight excluding hydrogens is 392 g/mol. The third kappa shape index (κ3) is 4.25. The molecule has 2 aromatic heterocycles. The van der Waals surface area contributed by atoms with Gasteiger partial charge in [0.15, 0.2) is 0 Å². The number of carbonyl (C=O) groups is 1. The maximum absolute atomic E-state index is 12.8. The first-order valence-electron chi connectivity index (χ1n) is 8.89. The monoisotopic (exact) mass is 414 g/mol. The molecule has 0 unspecified atom stereocenters. The molecule has 0 aliphatic carbocycles. The van der Waals surface area contributed by atoms with Crippen molar-refractivity contribution in [2.75, 3.05) is 18.2 Å². The number of carbonyl (C=O) groups excluding carboxylic acids is 1. The van der Waals surface area contributed by atoms with Crippen LogP contribution in [0.1, 0.15) is 11.1 Å². The largest absolute Gasteiger partial charge is 0.380 e. The van der Waals surface area contributed by atoms with Gasteiger partial charge >= 0.3 is 5.69 Å². The number of thioether (sulfide) groups is 1. The van der Waals surface area contributed by atoms with Crippen molar-refractivity contribution in [1.82, 2.24) is 14.1 Å². The summed E-state index contributed by atoms with van der Waals surface area (Å²) >= 11 is 1.22. The lowest BCUT2D eigenvalue weighted by molar-refractivity contribution is -0.113. The van der Waals surface area contributed by atoms with Crippen LogP contribution in [0.3, 0.4) is 0 Å². The Morgan fingerprint density at radius 3 is 2.69 bits per heavy atom. The molecule has 3 aromatic rings. The van der Waals surface area contributed by atoms with Crippen LogP contribution in [-0.2, 0) is 30.2 Å². The first-order valence-corrected chi connectivity index (χ1v) is 9.88. The highest BCUT2D eigenvalue weighted by molar-refractivity contribution is 8.00. The van der Waals surface area contributed by atoms with E-state index in [0.717, 1.165) is 10.1 Å². The Labute approximate surface area is 171 Å². The van der Waals surface area contributed by atoms with Crippen molar-refractivity contribution in [3.8, 4) is 0 Å². The molecule has 0 aliphatic heterocycles. The van der Waals surface area contributed by atoms with Gasteiger partial charge in [0.1, 0.15) is 5.65 Å². The first kappa shape index (κ1) is 20.8. The quantitative estimate of drug-likeness (QED) is 0.618. The summed E-state index contributed by atoms with van der Waals surface area (Å²) < 4.78 is 7.59. The van der Waals surface area contributed by atoms with E-state index >= 15 is 0 Å². The van der Waals surface area contributed by atoms with Gasteiger partial charge in [-0.2, -0.15) is 0 Å². The number of aromatic nitrogens is 3. The summed E-state index contributed by atoms with van der Waals surface area (Å²) in [6.45, 7) is 2.18. The molecule has 2 heterocycles. The highest BCUT2D eigenvalue weighted by Crippen LogP contribution is 2.28. The van der Waals surface area contributed by atoms with Crippen LogP contribution in [0.15, 0.2) is 44.9 Å². The molecule has 8 nitrogen and oxygen atoms in total. The summed E-state index contributed by atoms with van der Waals surface area (Å²) in [5.41, 5.74) is 1.81. The summed E-state index contributed by atoms with van der Waals surface area (Å²) in [6, 6.07) is 7.52. The number of nitrogens with zero attached hydrogens (tertiary/aromatic N) is 3. The van der Waals surface area contributed by atoms with Crippen molar-refractivity contribution in [1.29, 1.82) is 0 Å². The topological polar surface area (TPSA) is 95.2 Å². The number of benzene rings is 1. The van der Waals surface area contributed by atoms with Gasteiger partial charge in [0, 0.05) is 43.5 Å². The van der Waals surface area contributed by atoms with Crippen LogP contribution in [0, 0.1) is 6.92 Å². The van der Waals surface area contributed by atoms with Gasteiger partial charge in [-0.15, -0.1) is 11.8 Å². The minimum Gasteiger partial charge on any atom is -0.380 e. The van der Waals surface area contributed by atoms with Crippen LogP contribution in [0.2, 0.25) is 0 Å². The number of pyridine rings is 1. The summed E-state index contributed by atoms with van der Waals surface area (Å²) in [5, 5.41) is 3.16. The number of nitrogens with one attached hydrogen (secondary N) is 1. The van der Waals surface area contributed by atoms with Gasteiger partial charge in [0.25, 0.3) is 5.56 Å². The Hall–Kier alpha value is -2.91. The molecule has 0 atom stereocenters. The SMILES string of the molecule is COCc1cnc2c(c1SCC(=O)Nc1cccc(C)c1)c(=O)n(C)c(=O)n2C. The maximum Gasteiger partial charge on any atom is 0.332 e. The molecule has 0 aliphatic rings. The Balaban J connectivity index is 1.98. The van der Waals surface area contributed by atoms with Gasteiger partial charge in [-0.05, 0) is 24.6 Å². The van der Waals surface area contributed by atoms with Crippen molar-refractivity contribution >= 4 is 34.4 Å². The number of anilines is 1. The molecule has 0 radical (unpaired) electrons. The zero-order valence-electron chi connectivity index (χ0n) is 16.7. The maximum atomic E-state index is 12.8. The Kier molecular flexibility index (Phi) is 6.19. The van der Waals surface area contributed by atoms with Crippen molar-refractivity contribution in [2.45, 2.75) is 18.4 Å². The van der Waals surface area contributed by atoms with Crippen molar-refractivity contribution < 1.29 is 9.53 Å².